The number of sulfonamides is 1. The van der Waals surface area contributed by atoms with Gasteiger partial charge in [0.1, 0.15) is 16.4 Å². The number of nitro benzene ring substituents is 1. The van der Waals surface area contributed by atoms with Gasteiger partial charge in [0, 0.05) is 17.7 Å². The summed E-state index contributed by atoms with van der Waals surface area (Å²) in [5, 5.41) is 11.0. The van der Waals surface area contributed by atoms with Crippen LogP contribution in [0.1, 0.15) is 11.8 Å². The number of nitro groups is 1. The molecule has 0 spiro atoms. The predicted octanol–water partition coefficient (Wildman–Crippen LogP) is 3.42. The summed E-state index contributed by atoms with van der Waals surface area (Å²) < 4.78 is 36.8. The molecule has 1 atom stereocenters. The van der Waals surface area contributed by atoms with Gasteiger partial charge in [0.15, 0.2) is 11.9 Å². The van der Waals surface area contributed by atoms with Gasteiger partial charge in [0.25, 0.3) is 15.7 Å². The molecule has 2 aromatic heterocycles. The van der Waals surface area contributed by atoms with E-state index in [4.69, 9.17) is 4.74 Å². The summed E-state index contributed by atoms with van der Waals surface area (Å²) in [6, 6.07) is 11.8. The van der Waals surface area contributed by atoms with Crippen molar-refractivity contribution in [2.24, 2.45) is 0 Å². The zero-order valence-corrected chi connectivity index (χ0v) is 19.2. The number of hydrogen-bond donors (Lipinski definition) is 0. The van der Waals surface area contributed by atoms with E-state index in [1.54, 1.807) is 28.8 Å². The molecule has 0 fully saturated rings. The molecule has 1 aliphatic heterocycles. The summed E-state index contributed by atoms with van der Waals surface area (Å²) in [5.74, 6) is 0. The maximum absolute atomic E-state index is 13.7. The summed E-state index contributed by atoms with van der Waals surface area (Å²) in [4.78, 5) is 23.0. The van der Waals surface area contributed by atoms with Crippen LogP contribution < -0.4 is 4.31 Å². The first-order chi connectivity index (χ1) is 15.9. The fourth-order valence-electron chi connectivity index (χ4n) is 3.65. The van der Waals surface area contributed by atoms with Crippen molar-refractivity contribution >= 4 is 48.5 Å². The third kappa shape index (κ3) is 3.73. The summed E-state index contributed by atoms with van der Waals surface area (Å²) in [6.45, 7) is 0.0997. The van der Waals surface area contributed by atoms with Crippen LogP contribution in [0.15, 0.2) is 70.7 Å². The van der Waals surface area contributed by atoms with Crippen LogP contribution in [0.5, 0.6) is 0 Å². The Hall–Kier alpha value is -3.42. The Morgan fingerprint density at radius 2 is 1.85 bits per heavy atom. The lowest BCUT2D eigenvalue weighted by atomic mass is 10.2. The van der Waals surface area contributed by atoms with E-state index in [2.05, 4.69) is 30.9 Å². The molecule has 168 valence electrons. The minimum absolute atomic E-state index is 0.0656. The van der Waals surface area contributed by atoms with Crippen LogP contribution in [-0.2, 0) is 21.4 Å². The Kier molecular flexibility index (Phi) is 5.31. The standard InChI is InChI=1S/C20H15BrN6O5S/c21-19-18-20(23-11-22-19)25(12-24-18)17-9-26(16-4-2-1-3-13(16)10-32-17)33(30,31)15-7-5-14(6-8-15)27(28)29/h1-8,11-12,17H,9-10H2. The molecule has 1 unspecified atom stereocenters. The lowest BCUT2D eigenvalue weighted by Crippen LogP contribution is -2.36. The second-order valence-electron chi connectivity index (χ2n) is 7.17. The number of rotatable bonds is 4. The van der Waals surface area contributed by atoms with Crippen LogP contribution >= 0.6 is 15.9 Å². The number of halogens is 1. The van der Waals surface area contributed by atoms with Crippen molar-refractivity contribution in [1.82, 2.24) is 19.5 Å². The first-order valence-electron chi connectivity index (χ1n) is 9.66. The zero-order chi connectivity index (χ0) is 23.2. The number of ether oxygens (including phenoxy) is 1. The fraction of sp³-hybridized carbons (Fsp3) is 0.150. The molecule has 4 aromatic rings. The van der Waals surface area contributed by atoms with Gasteiger partial charge in [-0.25, -0.2) is 23.4 Å². The topological polar surface area (TPSA) is 133 Å². The summed E-state index contributed by atoms with van der Waals surface area (Å²) in [7, 11) is -4.07. The van der Waals surface area contributed by atoms with Crippen molar-refractivity contribution in [3.63, 3.8) is 0 Å². The minimum atomic E-state index is -4.07. The summed E-state index contributed by atoms with van der Waals surface area (Å²) in [5.41, 5.74) is 1.97. The van der Waals surface area contributed by atoms with Crippen LogP contribution in [0.25, 0.3) is 11.2 Å². The van der Waals surface area contributed by atoms with Crippen molar-refractivity contribution in [1.29, 1.82) is 0 Å². The number of fused-ring (bicyclic) bond motifs is 2. The van der Waals surface area contributed by atoms with Crippen molar-refractivity contribution in [3.8, 4) is 0 Å². The van der Waals surface area contributed by atoms with Crippen molar-refractivity contribution in [2.45, 2.75) is 17.7 Å². The van der Waals surface area contributed by atoms with E-state index in [0.717, 1.165) is 0 Å². The van der Waals surface area contributed by atoms with Crippen LogP contribution in [0, 0.1) is 10.1 Å². The molecule has 1 aliphatic rings. The Morgan fingerprint density at radius 1 is 1.09 bits per heavy atom. The number of non-ortho nitro benzene ring substituents is 1. The monoisotopic (exact) mass is 530 g/mol. The second-order valence-corrected chi connectivity index (χ2v) is 9.78. The molecule has 2 aromatic carbocycles. The van der Waals surface area contributed by atoms with E-state index in [9.17, 15) is 18.5 Å². The normalized spacial score (nSPS) is 16.4. The van der Waals surface area contributed by atoms with Gasteiger partial charge in [0.05, 0.1) is 35.0 Å². The van der Waals surface area contributed by atoms with Gasteiger partial charge < -0.3 is 4.74 Å². The Balaban J connectivity index is 1.60. The highest BCUT2D eigenvalue weighted by molar-refractivity contribution is 9.10. The molecular weight excluding hydrogens is 516 g/mol. The smallest absolute Gasteiger partial charge is 0.269 e. The number of para-hydroxylation sites is 1. The van der Waals surface area contributed by atoms with Gasteiger partial charge in [-0.1, -0.05) is 18.2 Å². The van der Waals surface area contributed by atoms with E-state index in [1.807, 2.05) is 0 Å². The average Bonchev–Trinajstić information content (AvgIpc) is 3.15. The van der Waals surface area contributed by atoms with Gasteiger partial charge in [0.2, 0.25) is 0 Å². The first kappa shape index (κ1) is 21.4. The van der Waals surface area contributed by atoms with E-state index in [0.29, 0.717) is 27.0 Å². The SMILES string of the molecule is O=[N+]([O-])c1ccc(S(=O)(=O)N2CC(n3cnc4c(Br)ncnc43)OCc3ccccc32)cc1. The van der Waals surface area contributed by atoms with Crippen molar-refractivity contribution in [2.75, 3.05) is 10.8 Å². The number of benzene rings is 2. The summed E-state index contributed by atoms with van der Waals surface area (Å²) in [6.07, 6.45) is 2.17. The highest BCUT2D eigenvalue weighted by Gasteiger charge is 2.33. The van der Waals surface area contributed by atoms with E-state index < -0.39 is 21.2 Å². The second kappa shape index (κ2) is 8.17. The van der Waals surface area contributed by atoms with Gasteiger partial charge in [-0.2, -0.15) is 0 Å². The number of imidazole rings is 1. The zero-order valence-electron chi connectivity index (χ0n) is 16.8. The number of nitrogens with zero attached hydrogens (tertiary/aromatic N) is 6. The Bertz CT molecular complexity index is 1470. The third-order valence-corrected chi connectivity index (χ3v) is 7.65. The van der Waals surface area contributed by atoms with Crippen LogP contribution in [0.4, 0.5) is 11.4 Å². The van der Waals surface area contributed by atoms with Crippen LogP contribution in [-0.4, -0.2) is 39.4 Å². The predicted molar refractivity (Wildman–Crippen MR) is 121 cm³/mol. The van der Waals surface area contributed by atoms with Gasteiger partial charge in [-0.3, -0.25) is 19.0 Å². The summed E-state index contributed by atoms with van der Waals surface area (Å²) >= 11 is 3.34. The molecule has 0 N–H and O–H groups in total. The molecule has 5 rings (SSSR count). The molecule has 0 amide bonds. The number of aromatic nitrogens is 4. The molecule has 0 bridgehead atoms. The third-order valence-electron chi connectivity index (χ3n) is 5.27. The Labute approximate surface area is 196 Å². The minimum Gasteiger partial charge on any atom is -0.351 e. The molecule has 0 aliphatic carbocycles. The highest BCUT2D eigenvalue weighted by Crippen LogP contribution is 2.34. The van der Waals surface area contributed by atoms with Crippen molar-refractivity contribution in [3.05, 3.63) is 81.5 Å². The number of hydrogen-bond acceptors (Lipinski definition) is 8. The first-order valence-corrected chi connectivity index (χ1v) is 11.9. The highest BCUT2D eigenvalue weighted by atomic mass is 79.9. The fourth-order valence-corrected chi connectivity index (χ4v) is 5.52. The quantitative estimate of drug-likeness (QED) is 0.222. The molecule has 11 nitrogen and oxygen atoms in total. The largest absolute Gasteiger partial charge is 0.351 e. The molecule has 33 heavy (non-hydrogen) atoms. The van der Waals surface area contributed by atoms with Gasteiger partial charge in [-0.05, 0) is 34.1 Å². The van der Waals surface area contributed by atoms with Gasteiger partial charge >= 0.3 is 0 Å². The molecule has 0 radical (unpaired) electrons. The Morgan fingerprint density at radius 3 is 2.61 bits per heavy atom. The maximum Gasteiger partial charge on any atom is 0.269 e. The molecule has 13 heteroatoms. The number of anilines is 1. The lowest BCUT2D eigenvalue weighted by Gasteiger charge is -2.27. The maximum atomic E-state index is 13.7. The van der Waals surface area contributed by atoms with Crippen LogP contribution in [0.3, 0.4) is 0 Å². The lowest BCUT2D eigenvalue weighted by molar-refractivity contribution is -0.384. The van der Waals surface area contributed by atoms with Crippen molar-refractivity contribution < 1.29 is 18.1 Å². The molecular formula is C20H15BrN6O5S. The van der Waals surface area contributed by atoms with E-state index in [-0.39, 0.29) is 23.7 Å². The van der Waals surface area contributed by atoms with Crippen LogP contribution in [0.2, 0.25) is 0 Å². The van der Waals surface area contributed by atoms with E-state index in [1.165, 1.54) is 41.2 Å². The van der Waals surface area contributed by atoms with E-state index >= 15 is 0 Å². The molecule has 0 saturated carbocycles. The average molecular weight is 531 g/mol. The molecule has 0 saturated heterocycles. The molecule has 3 heterocycles. The van der Waals surface area contributed by atoms with Gasteiger partial charge in [-0.15, -0.1) is 0 Å².